The molecule has 3 heterocycles. The Morgan fingerprint density at radius 3 is 1.55 bits per heavy atom. The average Bonchev–Trinajstić information content (AvgIpc) is 3.05. The third kappa shape index (κ3) is 4.61. The van der Waals surface area contributed by atoms with Gasteiger partial charge in [-0.25, -0.2) is 19.9 Å². The first-order chi connectivity index (χ1) is 20.7. The standard InChI is InChI=1S/C36H22N4O2.2Li/c41-31-13-11-25(28-7-3-15-39-35(28)31)33-23-5-1-2-6-24(23)34(26-12-14-32(42)36-29(26)8-4-16-40-36)30-17-21(9-10-27(30)33)22-18-37-20-38-19-22;;/h1-20,41-42H;;/q;2*+1. The molecule has 6 nitrogen and oxygen atoms in total. The predicted molar refractivity (Wildman–Crippen MR) is 160 cm³/mol. The van der Waals surface area contributed by atoms with Crippen LogP contribution in [0.3, 0.4) is 0 Å². The number of rotatable bonds is 3. The molecule has 0 unspecified atom stereocenters. The summed E-state index contributed by atoms with van der Waals surface area (Å²) in [4.78, 5) is 14.8. The van der Waals surface area contributed by atoms with Gasteiger partial charge in [0, 0.05) is 30.1 Å². The number of nitrogens with zero attached hydrogens (tertiary/aromatic N) is 2. The maximum atomic E-state index is 12.8. The van der Waals surface area contributed by atoms with Crippen LogP contribution in [0.25, 0.3) is 76.7 Å². The molecule has 0 aliphatic heterocycles. The summed E-state index contributed by atoms with van der Waals surface area (Å²) in [7, 11) is 0. The van der Waals surface area contributed by atoms with Gasteiger partial charge >= 0.3 is 37.7 Å². The van der Waals surface area contributed by atoms with E-state index >= 15 is 0 Å². The Kier molecular flexibility index (Phi) is 7.86. The van der Waals surface area contributed by atoms with Gasteiger partial charge in [-0.15, -0.1) is 0 Å². The zero-order chi connectivity index (χ0) is 28.2. The quantitative estimate of drug-likeness (QED) is 0.224. The average molecular weight is 556 g/mol. The molecule has 5 aromatic carbocycles. The number of fused-ring (bicyclic) bond motifs is 4. The molecule has 44 heavy (non-hydrogen) atoms. The summed E-state index contributed by atoms with van der Waals surface area (Å²) >= 11 is 0. The molecule has 2 N–H and O–H groups in total. The van der Waals surface area contributed by atoms with E-state index in [0.717, 1.165) is 65.7 Å². The van der Waals surface area contributed by atoms with Gasteiger partial charge in [0.1, 0.15) is 6.33 Å². The minimum atomic E-state index is -0.0536. The van der Waals surface area contributed by atoms with Gasteiger partial charge in [0.05, 0.1) is 10.8 Å². The molecule has 0 radical (unpaired) electrons. The monoisotopic (exact) mass is 556 g/mol. The summed E-state index contributed by atoms with van der Waals surface area (Å²) in [6.07, 6.45) is 8.70. The van der Waals surface area contributed by atoms with Gasteiger partial charge < -0.3 is 10.2 Å². The van der Waals surface area contributed by atoms with E-state index in [0.29, 0.717) is 11.0 Å². The van der Waals surface area contributed by atoms with Crippen molar-refractivity contribution < 1.29 is 57.9 Å². The molecule has 0 atom stereocenters. The Hall–Kier alpha value is -4.69. The van der Waals surface area contributed by atoms with Crippen molar-refractivity contribution in [3.63, 3.8) is 0 Å². The van der Waals surface area contributed by atoms with Crippen LogP contribution in [0.2, 0.25) is 0 Å². The molecule has 0 fully saturated rings. The number of nitrogens with one attached hydrogen (secondary N) is 2. The Bertz CT molecular complexity index is 2350. The molecule has 8 rings (SSSR count). The summed E-state index contributed by atoms with van der Waals surface area (Å²) in [6.45, 7) is 0. The Balaban J connectivity index is 0.00000171. The number of aromatic nitrogens is 4. The van der Waals surface area contributed by atoms with E-state index in [1.807, 2.05) is 60.9 Å². The molecule has 0 amide bonds. The van der Waals surface area contributed by atoms with Crippen LogP contribution < -0.4 is 57.9 Å². The third-order valence-corrected chi connectivity index (χ3v) is 8.04. The van der Waals surface area contributed by atoms with Crippen LogP contribution in [0, 0.1) is 0 Å². The van der Waals surface area contributed by atoms with E-state index in [-0.39, 0.29) is 49.2 Å². The number of aromatic amines is 2. The van der Waals surface area contributed by atoms with Crippen molar-refractivity contribution in [2.24, 2.45) is 0 Å². The van der Waals surface area contributed by atoms with Gasteiger partial charge in [-0.2, -0.15) is 0 Å². The Labute approximate surface area is 276 Å². The van der Waals surface area contributed by atoms with Crippen molar-refractivity contribution in [1.29, 1.82) is 0 Å². The summed E-state index contributed by atoms with van der Waals surface area (Å²) in [5, 5.41) is 31.5. The zero-order valence-corrected chi connectivity index (χ0v) is 24.3. The fourth-order valence-electron chi connectivity index (χ4n) is 6.22. The molecule has 3 aromatic heterocycles. The van der Waals surface area contributed by atoms with Crippen LogP contribution in [-0.4, -0.2) is 9.97 Å². The normalized spacial score (nSPS) is 11.0. The second-order valence-electron chi connectivity index (χ2n) is 10.3. The van der Waals surface area contributed by atoms with Gasteiger partial charge in [0.15, 0.2) is 12.4 Å². The maximum Gasteiger partial charge on any atom is 1.00 e. The molecular formula is C36H22Li2N4O2+2. The number of hydrogen-bond donors (Lipinski definition) is 0. The SMILES string of the molecule is [Li+].[Li+].[O-]c1ccc(-c2c3ccccc3c(-c3ccc([O-])c4[nH+]cccc34)c3cc(-c4cncnc4)ccc23)c2ccc[nH+]c12. The van der Waals surface area contributed by atoms with E-state index in [9.17, 15) is 10.2 Å². The number of benzene rings is 5. The topological polar surface area (TPSA) is 100 Å². The first-order valence-electron chi connectivity index (χ1n) is 13.6. The fourth-order valence-corrected chi connectivity index (χ4v) is 6.22. The van der Waals surface area contributed by atoms with Crippen molar-refractivity contribution in [2.75, 3.05) is 0 Å². The molecule has 8 aromatic rings. The summed E-state index contributed by atoms with van der Waals surface area (Å²) in [6, 6.07) is 29.7. The molecule has 0 bridgehead atoms. The van der Waals surface area contributed by atoms with E-state index in [4.69, 9.17) is 0 Å². The van der Waals surface area contributed by atoms with Crippen LogP contribution in [0.5, 0.6) is 11.5 Å². The van der Waals surface area contributed by atoms with Gasteiger partial charge in [-0.1, -0.05) is 60.7 Å². The summed E-state index contributed by atoms with van der Waals surface area (Å²) in [5.41, 5.74) is 7.03. The van der Waals surface area contributed by atoms with Gasteiger partial charge in [0.2, 0.25) is 11.0 Å². The van der Waals surface area contributed by atoms with Crippen molar-refractivity contribution >= 4 is 43.4 Å². The van der Waals surface area contributed by atoms with Crippen LogP contribution in [0.15, 0.2) is 122 Å². The molecule has 0 spiro atoms. The van der Waals surface area contributed by atoms with Crippen molar-refractivity contribution in [1.82, 2.24) is 9.97 Å². The van der Waals surface area contributed by atoms with Gasteiger partial charge in [0.25, 0.3) is 0 Å². The Morgan fingerprint density at radius 2 is 0.977 bits per heavy atom. The number of pyridine rings is 2. The van der Waals surface area contributed by atoms with Crippen LogP contribution >= 0.6 is 0 Å². The van der Waals surface area contributed by atoms with Crippen LogP contribution in [0.4, 0.5) is 0 Å². The first-order valence-corrected chi connectivity index (χ1v) is 13.6. The maximum absolute atomic E-state index is 12.8. The zero-order valence-electron chi connectivity index (χ0n) is 24.3. The smallest absolute Gasteiger partial charge is 0.868 e. The second-order valence-corrected chi connectivity index (χ2v) is 10.3. The minimum Gasteiger partial charge on any atom is -0.868 e. The van der Waals surface area contributed by atoms with Crippen molar-refractivity contribution in [2.45, 2.75) is 0 Å². The molecular weight excluding hydrogens is 534 g/mol. The van der Waals surface area contributed by atoms with Gasteiger partial charge in [-0.05, 0) is 79.1 Å². The van der Waals surface area contributed by atoms with Crippen molar-refractivity contribution in [3.8, 4) is 44.9 Å². The summed E-state index contributed by atoms with van der Waals surface area (Å²) < 4.78 is 0. The second kappa shape index (κ2) is 11.8. The van der Waals surface area contributed by atoms with E-state index < -0.39 is 0 Å². The van der Waals surface area contributed by atoms with E-state index in [2.05, 4.69) is 50.3 Å². The molecule has 0 saturated heterocycles. The first kappa shape index (κ1) is 29.4. The molecule has 8 heteroatoms. The summed E-state index contributed by atoms with van der Waals surface area (Å²) in [5.74, 6) is -0.103. The van der Waals surface area contributed by atoms with E-state index in [1.165, 1.54) is 6.33 Å². The fraction of sp³-hybridized carbons (Fsp3) is 0. The van der Waals surface area contributed by atoms with Crippen LogP contribution in [0.1, 0.15) is 0 Å². The van der Waals surface area contributed by atoms with Gasteiger partial charge in [-0.3, -0.25) is 0 Å². The molecule has 0 aliphatic carbocycles. The predicted octanol–water partition coefficient (Wildman–Crippen LogP) is -0.126. The minimum absolute atomic E-state index is 0. The molecule has 198 valence electrons. The molecule has 0 aliphatic rings. The largest absolute Gasteiger partial charge is 1.00 e. The molecule has 0 saturated carbocycles. The Morgan fingerprint density at radius 1 is 0.477 bits per heavy atom. The number of H-pyrrole nitrogens is 2. The van der Waals surface area contributed by atoms with Crippen LogP contribution in [-0.2, 0) is 0 Å². The van der Waals surface area contributed by atoms with E-state index in [1.54, 1.807) is 24.5 Å². The van der Waals surface area contributed by atoms with Crippen molar-refractivity contribution in [3.05, 3.63) is 122 Å². The third-order valence-electron chi connectivity index (χ3n) is 8.04. The number of hydrogen-bond acceptors (Lipinski definition) is 4.